The molecule has 0 spiro atoms. The molecule has 3 aliphatic heterocycles. The number of aliphatic hydroxyl groups is 1. The van der Waals surface area contributed by atoms with Crippen LogP contribution in [0.4, 0.5) is 0 Å². The van der Waals surface area contributed by atoms with Crippen LogP contribution in [0.3, 0.4) is 0 Å². The lowest BCUT2D eigenvalue weighted by molar-refractivity contribution is -0.136. The summed E-state index contributed by atoms with van der Waals surface area (Å²) >= 11 is 0. The summed E-state index contributed by atoms with van der Waals surface area (Å²) < 4.78 is 0. The lowest BCUT2D eigenvalue weighted by atomic mass is 9.83. The average molecular weight is 485 g/mol. The zero-order valence-electron chi connectivity index (χ0n) is 19.9. The van der Waals surface area contributed by atoms with E-state index in [0.717, 1.165) is 41.7 Å². The van der Waals surface area contributed by atoms with Crippen LogP contribution in [-0.4, -0.2) is 56.7 Å². The number of fused-ring (bicyclic) bond motifs is 2. The molecule has 2 N–H and O–H groups in total. The predicted molar refractivity (Wildman–Crippen MR) is 133 cm³/mol. The van der Waals surface area contributed by atoms with Gasteiger partial charge in [0.25, 0.3) is 5.91 Å². The highest BCUT2D eigenvalue weighted by Crippen LogP contribution is 2.37. The molecule has 1 aromatic heterocycles. The van der Waals surface area contributed by atoms with E-state index < -0.39 is 17.6 Å². The number of aromatic nitrogens is 1. The second-order valence-corrected chi connectivity index (χ2v) is 10.1. The standard InChI is InChI=1S/C28H28N4O4/c33-24-9-8-23(26(34)30-24)32-17-20-15-21(6-7-22(20)27(32)35)28(36)10-13-31(14-11-28)16-19-4-1-3-18-5-2-12-29-25(18)19/h1-7,12,15,23,36H,8-11,13-14,16-17H2,(H,30,33,34). The summed E-state index contributed by atoms with van der Waals surface area (Å²) in [5, 5.41) is 15.0. The predicted octanol–water partition coefficient (Wildman–Crippen LogP) is 2.48. The molecule has 3 aromatic rings. The molecule has 1 unspecified atom stereocenters. The molecule has 2 saturated heterocycles. The van der Waals surface area contributed by atoms with E-state index in [1.807, 2.05) is 24.4 Å². The third kappa shape index (κ3) is 3.96. The Morgan fingerprint density at radius 2 is 1.86 bits per heavy atom. The van der Waals surface area contributed by atoms with Gasteiger partial charge in [-0.25, -0.2) is 0 Å². The Kier molecular flexibility index (Phi) is 5.58. The van der Waals surface area contributed by atoms with Crippen molar-refractivity contribution in [3.8, 4) is 0 Å². The van der Waals surface area contributed by atoms with Crippen LogP contribution in [-0.2, 0) is 28.3 Å². The molecule has 8 heteroatoms. The number of hydrogen-bond donors (Lipinski definition) is 2. The summed E-state index contributed by atoms with van der Waals surface area (Å²) in [5.74, 6) is -0.912. The van der Waals surface area contributed by atoms with Crippen LogP contribution in [0.15, 0.2) is 54.7 Å². The van der Waals surface area contributed by atoms with Gasteiger partial charge in [0.05, 0.1) is 11.1 Å². The molecular weight excluding hydrogens is 456 g/mol. The number of carbonyl (C=O) groups is 3. The summed E-state index contributed by atoms with van der Waals surface area (Å²) in [6.07, 6.45) is 3.57. The topological polar surface area (TPSA) is 103 Å². The molecular formula is C28H28N4O4. The van der Waals surface area contributed by atoms with Crippen molar-refractivity contribution in [3.63, 3.8) is 0 Å². The van der Waals surface area contributed by atoms with Crippen LogP contribution >= 0.6 is 0 Å². The van der Waals surface area contributed by atoms with Crippen molar-refractivity contribution in [1.29, 1.82) is 0 Å². The number of imide groups is 1. The fourth-order valence-corrected chi connectivity index (χ4v) is 5.77. The van der Waals surface area contributed by atoms with E-state index in [2.05, 4.69) is 39.5 Å². The minimum Gasteiger partial charge on any atom is -0.385 e. The van der Waals surface area contributed by atoms with Gasteiger partial charge in [0, 0.05) is 49.7 Å². The molecule has 0 aliphatic carbocycles. The van der Waals surface area contributed by atoms with Gasteiger partial charge in [0.1, 0.15) is 6.04 Å². The first-order chi connectivity index (χ1) is 17.4. The van der Waals surface area contributed by atoms with Crippen molar-refractivity contribution in [2.75, 3.05) is 13.1 Å². The maximum Gasteiger partial charge on any atom is 0.255 e. The van der Waals surface area contributed by atoms with Gasteiger partial charge >= 0.3 is 0 Å². The number of likely N-dealkylation sites (tertiary alicyclic amines) is 1. The molecule has 3 amide bonds. The number of pyridine rings is 1. The SMILES string of the molecule is O=C1CCC(N2Cc3cc(C4(O)CCN(Cc5cccc6cccnc56)CC4)ccc3C2=O)C(=O)N1. The number of amides is 3. The number of carbonyl (C=O) groups excluding carboxylic acids is 3. The first kappa shape index (κ1) is 22.8. The molecule has 6 rings (SSSR count). The molecule has 8 nitrogen and oxygen atoms in total. The van der Waals surface area contributed by atoms with Crippen molar-refractivity contribution in [3.05, 3.63) is 77.0 Å². The van der Waals surface area contributed by atoms with Crippen LogP contribution in [0.25, 0.3) is 10.9 Å². The second kappa shape index (κ2) is 8.80. The molecule has 0 bridgehead atoms. The van der Waals surface area contributed by atoms with Gasteiger partial charge < -0.3 is 10.0 Å². The van der Waals surface area contributed by atoms with Gasteiger partial charge in [-0.15, -0.1) is 0 Å². The number of nitrogens with one attached hydrogen (secondary N) is 1. The average Bonchev–Trinajstić information content (AvgIpc) is 3.21. The van der Waals surface area contributed by atoms with Gasteiger partial charge in [-0.3, -0.25) is 29.6 Å². The van der Waals surface area contributed by atoms with Crippen molar-refractivity contribution < 1.29 is 19.5 Å². The van der Waals surface area contributed by atoms with Crippen molar-refractivity contribution in [2.45, 2.75) is 50.4 Å². The zero-order chi connectivity index (χ0) is 24.9. The van der Waals surface area contributed by atoms with Gasteiger partial charge in [-0.2, -0.15) is 0 Å². The van der Waals surface area contributed by atoms with Crippen molar-refractivity contribution >= 4 is 28.6 Å². The monoisotopic (exact) mass is 484 g/mol. The van der Waals surface area contributed by atoms with Crippen molar-refractivity contribution in [2.24, 2.45) is 0 Å². The second-order valence-electron chi connectivity index (χ2n) is 10.1. The van der Waals surface area contributed by atoms with Crippen LogP contribution < -0.4 is 5.32 Å². The number of hydrogen-bond acceptors (Lipinski definition) is 6. The molecule has 3 aliphatic rings. The Balaban J connectivity index is 1.15. The summed E-state index contributed by atoms with van der Waals surface area (Å²) in [7, 11) is 0. The van der Waals surface area contributed by atoms with E-state index in [1.165, 1.54) is 5.56 Å². The van der Waals surface area contributed by atoms with E-state index in [9.17, 15) is 19.5 Å². The fraction of sp³-hybridized carbons (Fsp3) is 0.357. The number of nitrogens with zero attached hydrogens (tertiary/aromatic N) is 3. The lowest BCUT2D eigenvalue weighted by Crippen LogP contribution is -2.52. The van der Waals surface area contributed by atoms with E-state index in [0.29, 0.717) is 31.4 Å². The fourth-order valence-electron chi connectivity index (χ4n) is 5.77. The first-order valence-corrected chi connectivity index (χ1v) is 12.5. The van der Waals surface area contributed by atoms with Gasteiger partial charge in [0.15, 0.2) is 0 Å². The van der Waals surface area contributed by atoms with Gasteiger partial charge in [0.2, 0.25) is 11.8 Å². The zero-order valence-corrected chi connectivity index (χ0v) is 19.9. The molecule has 4 heterocycles. The minimum absolute atomic E-state index is 0.198. The van der Waals surface area contributed by atoms with E-state index >= 15 is 0 Å². The molecule has 184 valence electrons. The van der Waals surface area contributed by atoms with Crippen molar-refractivity contribution in [1.82, 2.24) is 20.1 Å². The molecule has 1 atom stereocenters. The highest BCUT2D eigenvalue weighted by atomic mass is 16.3. The summed E-state index contributed by atoms with van der Waals surface area (Å²) in [4.78, 5) is 45.3. The first-order valence-electron chi connectivity index (χ1n) is 12.5. The molecule has 2 fully saturated rings. The van der Waals surface area contributed by atoms with Crippen LogP contribution in [0, 0.1) is 0 Å². The normalized spacial score (nSPS) is 22.1. The van der Waals surface area contributed by atoms with E-state index in [-0.39, 0.29) is 18.2 Å². The third-order valence-electron chi connectivity index (χ3n) is 7.85. The molecule has 36 heavy (non-hydrogen) atoms. The number of benzene rings is 2. The molecule has 2 aromatic carbocycles. The number of rotatable bonds is 4. The molecule has 0 saturated carbocycles. The smallest absolute Gasteiger partial charge is 0.255 e. The minimum atomic E-state index is -0.965. The maximum atomic E-state index is 13.0. The Hall–Kier alpha value is -3.62. The molecule has 0 radical (unpaired) electrons. The third-order valence-corrected chi connectivity index (χ3v) is 7.85. The Morgan fingerprint density at radius 1 is 1.06 bits per heavy atom. The van der Waals surface area contributed by atoms with Crippen LogP contribution in [0.2, 0.25) is 0 Å². The largest absolute Gasteiger partial charge is 0.385 e. The highest BCUT2D eigenvalue weighted by Gasteiger charge is 2.40. The highest BCUT2D eigenvalue weighted by molar-refractivity contribution is 6.05. The van der Waals surface area contributed by atoms with Gasteiger partial charge in [-0.1, -0.05) is 36.4 Å². The Labute approximate surface area is 208 Å². The Bertz CT molecular complexity index is 1370. The lowest BCUT2D eigenvalue weighted by Gasteiger charge is -2.38. The quantitative estimate of drug-likeness (QED) is 0.552. The number of piperidine rings is 2. The summed E-state index contributed by atoms with van der Waals surface area (Å²) in [6, 6.07) is 15.2. The van der Waals surface area contributed by atoms with Crippen LogP contribution in [0.1, 0.15) is 52.7 Å². The summed E-state index contributed by atoms with van der Waals surface area (Å²) in [5.41, 5.74) is 3.43. The number of para-hydroxylation sites is 1. The summed E-state index contributed by atoms with van der Waals surface area (Å²) in [6.45, 7) is 2.59. The maximum absolute atomic E-state index is 13.0. The van der Waals surface area contributed by atoms with E-state index in [4.69, 9.17) is 0 Å². The van der Waals surface area contributed by atoms with Gasteiger partial charge in [-0.05, 0) is 48.1 Å². The van der Waals surface area contributed by atoms with E-state index in [1.54, 1.807) is 11.0 Å². The Morgan fingerprint density at radius 3 is 2.67 bits per heavy atom. The van der Waals surface area contributed by atoms with Crippen LogP contribution in [0.5, 0.6) is 0 Å².